The lowest BCUT2D eigenvalue weighted by molar-refractivity contribution is -0.158. The van der Waals surface area contributed by atoms with Gasteiger partial charge in [0, 0.05) is 11.8 Å². The molecule has 0 spiro atoms. The van der Waals surface area contributed by atoms with Gasteiger partial charge in [0.15, 0.2) is 5.78 Å². The van der Waals surface area contributed by atoms with Crippen molar-refractivity contribution in [3.05, 3.63) is 11.6 Å². The van der Waals surface area contributed by atoms with E-state index in [2.05, 4.69) is 54.5 Å². The summed E-state index contributed by atoms with van der Waals surface area (Å²) in [5, 5.41) is 20.2. The fourth-order valence-corrected chi connectivity index (χ4v) is 8.33. The van der Waals surface area contributed by atoms with Gasteiger partial charge in [0.25, 0.3) is 0 Å². The highest BCUT2D eigenvalue weighted by Gasteiger charge is 2.63. The van der Waals surface area contributed by atoms with Crippen molar-refractivity contribution >= 4 is 17.5 Å². The fraction of sp³-hybridized carbons (Fsp3) is 0.824. The second kappa shape index (κ2) is 11.1. The van der Waals surface area contributed by atoms with Crippen molar-refractivity contribution in [3.8, 4) is 6.07 Å². The van der Waals surface area contributed by atoms with Gasteiger partial charge in [-0.25, -0.2) is 0 Å². The summed E-state index contributed by atoms with van der Waals surface area (Å²) in [5.41, 5.74) is -2.20. The zero-order valence-corrected chi connectivity index (χ0v) is 26.7. The molecule has 0 aliphatic heterocycles. The largest absolute Gasteiger partial charge is 0.481 e. The normalized spacial score (nSPS) is 30.5. The first-order valence-corrected chi connectivity index (χ1v) is 15.0. The first-order valence-electron chi connectivity index (χ1n) is 15.0. The van der Waals surface area contributed by atoms with Crippen LogP contribution >= 0.6 is 0 Å². The Morgan fingerprint density at radius 2 is 1.59 bits per heavy atom. The number of rotatable bonds is 12. The zero-order valence-electron chi connectivity index (χ0n) is 26.7. The molecule has 5 atom stereocenters. The van der Waals surface area contributed by atoms with E-state index in [0.717, 1.165) is 38.5 Å². The third-order valence-electron chi connectivity index (χ3n) is 11.6. The molecule has 220 valence electrons. The monoisotopic (exact) mass is 541 g/mol. The van der Waals surface area contributed by atoms with Crippen molar-refractivity contribution in [2.75, 3.05) is 0 Å². The van der Waals surface area contributed by atoms with E-state index in [1.807, 2.05) is 26.8 Å². The molecule has 0 aromatic carbocycles. The van der Waals surface area contributed by atoms with Crippen LogP contribution in [0.4, 0.5) is 0 Å². The predicted molar refractivity (Wildman–Crippen MR) is 157 cm³/mol. The van der Waals surface area contributed by atoms with E-state index in [0.29, 0.717) is 19.3 Å². The highest BCUT2D eigenvalue weighted by atomic mass is 16.4. The lowest BCUT2D eigenvalue weighted by Crippen LogP contribution is -2.60. The summed E-state index contributed by atoms with van der Waals surface area (Å²) in [6.07, 6.45) is 8.95. The smallest absolute Gasteiger partial charge is 0.309 e. The molecule has 0 radical (unpaired) electrons. The van der Waals surface area contributed by atoms with Crippen molar-refractivity contribution in [2.24, 2.45) is 44.3 Å². The number of carbonyl (C=O) groups excluding carboxylic acids is 2. The first-order chi connectivity index (χ1) is 17.6. The molecule has 1 fully saturated rings. The van der Waals surface area contributed by atoms with E-state index in [-0.39, 0.29) is 45.2 Å². The zero-order chi connectivity index (χ0) is 30.2. The minimum Gasteiger partial charge on any atom is -0.481 e. The van der Waals surface area contributed by atoms with Crippen molar-refractivity contribution < 1.29 is 19.5 Å². The van der Waals surface area contributed by atoms with Crippen LogP contribution in [-0.2, 0) is 14.4 Å². The summed E-state index contributed by atoms with van der Waals surface area (Å²) in [4.78, 5) is 38.5. The van der Waals surface area contributed by atoms with Gasteiger partial charge in [-0.3, -0.25) is 9.59 Å². The minimum absolute atomic E-state index is 0.0351. The first kappa shape index (κ1) is 33.2. The van der Waals surface area contributed by atoms with Crippen molar-refractivity contribution in [3.63, 3.8) is 0 Å². The van der Waals surface area contributed by atoms with Crippen LogP contribution in [0.2, 0.25) is 0 Å². The Hall–Kier alpha value is -1.96. The molecule has 0 saturated heterocycles. The van der Waals surface area contributed by atoms with E-state index in [9.17, 15) is 24.8 Å². The van der Waals surface area contributed by atoms with E-state index >= 15 is 0 Å². The average Bonchev–Trinajstić information content (AvgIpc) is 2.81. The van der Waals surface area contributed by atoms with Crippen molar-refractivity contribution in [1.29, 1.82) is 5.26 Å². The summed E-state index contributed by atoms with van der Waals surface area (Å²) < 4.78 is 0. The van der Waals surface area contributed by atoms with Gasteiger partial charge in [-0.2, -0.15) is 5.26 Å². The van der Waals surface area contributed by atoms with Crippen molar-refractivity contribution in [1.82, 2.24) is 0 Å². The van der Waals surface area contributed by atoms with Gasteiger partial charge in [0.2, 0.25) is 0 Å². The van der Waals surface area contributed by atoms with Crippen LogP contribution in [0, 0.1) is 55.7 Å². The van der Waals surface area contributed by atoms with Gasteiger partial charge < -0.3 is 9.90 Å². The molecule has 0 aromatic heterocycles. The number of allylic oxidation sites excluding steroid dienone is 2. The Morgan fingerprint density at radius 1 is 1.03 bits per heavy atom. The molecule has 0 bridgehead atoms. The van der Waals surface area contributed by atoms with Crippen molar-refractivity contribution in [2.45, 2.75) is 134 Å². The number of fused-ring (bicyclic) bond motifs is 1. The molecule has 1 saturated carbocycles. The molecule has 0 amide bonds. The van der Waals surface area contributed by atoms with Crippen LogP contribution in [0.25, 0.3) is 0 Å². The lowest BCUT2D eigenvalue weighted by Gasteiger charge is -2.64. The van der Waals surface area contributed by atoms with Gasteiger partial charge in [-0.15, -0.1) is 0 Å². The quantitative estimate of drug-likeness (QED) is 0.267. The maximum absolute atomic E-state index is 13.2. The second-order valence-electron chi connectivity index (χ2n) is 15.7. The summed E-state index contributed by atoms with van der Waals surface area (Å²) >= 11 is 0. The number of carbonyl (C=O) groups is 3. The molecule has 5 nitrogen and oxygen atoms in total. The molecule has 0 aromatic rings. The molecular formula is C34H55NO4. The van der Waals surface area contributed by atoms with Gasteiger partial charge in [-0.05, 0) is 92.3 Å². The van der Waals surface area contributed by atoms with Crippen LogP contribution in [0.1, 0.15) is 134 Å². The maximum Gasteiger partial charge on any atom is 0.309 e. The number of aliphatic carboxylic acids is 1. The number of hydrogen-bond donors (Lipinski definition) is 1. The van der Waals surface area contributed by atoms with Gasteiger partial charge in [-0.1, -0.05) is 74.8 Å². The molecule has 0 heterocycles. The number of carboxylic acids is 1. The Labute approximate surface area is 238 Å². The molecule has 39 heavy (non-hydrogen) atoms. The third-order valence-corrected chi connectivity index (χ3v) is 11.6. The summed E-state index contributed by atoms with van der Waals surface area (Å²) in [7, 11) is 0. The number of ketones is 2. The third kappa shape index (κ3) is 6.20. The number of nitrogens with zero attached hydrogens (tertiary/aromatic N) is 1. The number of hydrogen-bond acceptors (Lipinski definition) is 4. The average molecular weight is 542 g/mol. The molecule has 2 aliphatic rings. The van der Waals surface area contributed by atoms with E-state index < -0.39 is 22.2 Å². The van der Waals surface area contributed by atoms with E-state index in [4.69, 9.17) is 0 Å². The Balaban J connectivity index is 2.49. The van der Waals surface area contributed by atoms with Crippen LogP contribution in [-0.4, -0.2) is 22.6 Å². The minimum atomic E-state index is -0.817. The summed E-state index contributed by atoms with van der Waals surface area (Å²) in [6, 6.07) is 2.16. The van der Waals surface area contributed by atoms with Gasteiger partial charge >= 0.3 is 5.97 Å². The SMILES string of the molecule is CCCC(C)(C)CC[C@@](C)(CCC(C)(C)[C@]1(C)CC[C@H]2C(C)(C)C(=O)C(C#N)=C[C@]2(C)[C@H]1CC(C)=O)C(=O)O. The highest BCUT2D eigenvalue weighted by Crippen LogP contribution is 2.68. The molecule has 2 rings (SSSR count). The Morgan fingerprint density at radius 3 is 2.08 bits per heavy atom. The number of nitriles is 1. The molecular weight excluding hydrogens is 486 g/mol. The molecule has 0 unspecified atom stereocenters. The topological polar surface area (TPSA) is 95.2 Å². The van der Waals surface area contributed by atoms with Crippen LogP contribution in [0.15, 0.2) is 11.6 Å². The highest BCUT2D eigenvalue weighted by molar-refractivity contribution is 6.04. The maximum atomic E-state index is 13.2. The fourth-order valence-electron chi connectivity index (χ4n) is 8.33. The lowest BCUT2D eigenvalue weighted by atomic mass is 9.39. The summed E-state index contributed by atoms with van der Waals surface area (Å²) in [6.45, 7) is 23.0. The standard InChI is InChI=1S/C34H55NO4/c1-12-14-29(3,4)16-18-32(9,28(38)39)19-17-30(5,6)34(11)15-13-25-31(7,8)27(37)24(22-35)21-33(25,10)26(34)20-23(2)36/h21,25-26H,12-20H2,1-11H3,(H,38,39)/t25-,26+,32-,33-,34+/m0/s1. The number of carboxylic acid groups (broad SMARTS) is 1. The van der Waals surface area contributed by atoms with Crippen LogP contribution in [0.3, 0.4) is 0 Å². The molecule has 2 aliphatic carbocycles. The molecule has 1 N–H and O–H groups in total. The second-order valence-corrected chi connectivity index (χ2v) is 15.7. The predicted octanol–water partition coefficient (Wildman–Crippen LogP) is 8.57. The molecule has 5 heteroatoms. The van der Waals surface area contributed by atoms with Gasteiger partial charge in [0.05, 0.1) is 11.0 Å². The van der Waals surface area contributed by atoms with Crippen LogP contribution < -0.4 is 0 Å². The van der Waals surface area contributed by atoms with Crippen LogP contribution in [0.5, 0.6) is 0 Å². The Kier molecular flexibility index (Phi) is 9.49. The van der Waals surface area contributed by atoms with E-state index in [1.54, 1.807) is 6.92 Å². The number of Topliss-reactive ketones (excluding diaryl/α,β-unsaturated/α-hetero) is 2. The van der Waals surface area contributed by atoms with Gasteiger partial charge in [0.1, 0.15) is 11.9 Å². The van der Waals surface area contributed by atoms with E-state index in [1.165, 1.54) is 0 Å². The summed E-state index contributed by atoms with van der Waals surface area (Å²) in [5.74, 6) is -0.750. The Bertz CT molecular complexity index is 1040.